The molecule has 0 spiro atoms. The van der Waals surface area contributed by atoms with Crippen molar-refractivity contribution in [3.8, 4) is 5.75 Å². The number of rotatable bonds is 3. The fourth-order valence-corrected chi connectivity index (χ4v) is 1.33. The summed E-state index contributed by atoms with van der Waals surface area (Å²) < 4.78 is 9.76. The molecule has 1 atom stereocenters. The Hall–Kier alpha value is -1.55. The molecular formula is C11H15NO3. The molecule has 1 unspecified atom stereocenters. The fraction of sp³-hybridized carbons (Fsp3) is 0.364. The van der Waals surface area contributed by atoms with Gasteiger partial charge in [-0.25, -0.2) is 4.79 Å². The smallest absolute Gasteiger partial charge is 0.337 e. The summed E-state index contributed by atoms with van der Waals surface area (Å²) in [5.74, 6) is 0.220. The van der Waals surface area contributed by atoms with Crippen LogP contribution in [0.4, 0.5) is 0 Å². The summed E-state index contributed by atoms with van der Waals surface area (Å²) >= 11 is 0. The number of benzene rings is 1. The minimum atomic E-state index is -0.385. The predicted octanol–water partition coefficient (Wildman–Crippen LogP) is 1.50. The van der Waals surface area contributed by atoms with E-state index in [0.717, 1.165) is 5.56 Å². The molecular weight excluding hydrogens is 194 g/mol. The van der Waals surface area contributed by atoms with Crippen molar-refractivity contribution in [2.75, 3.05) is 14.2 Å². The molecule has 0 aromatic heterocycles. The van der Waals surface area contributed by atoms with E-state index in [1.54, 1.807) is 25.3 Å². The van der Waals surface area contributed by atoms with Crippen LogP contribution in [-0.4, -0.2) is 20.2 Å². The Morgan fingerprint density at radius 2 is 2.07 bits per heavy atom. The first-order chi connectivity index (χ1) is 7.10. The second-order valence-corrected chi connectivity index (χ2v) is 3.24. The van der Waals surface area contributed by atoms with Gasteiger partial charge < -0.3 is 15.2 Å². The second-order valence-electron chi connectivity index (χ2n) is 3.24. The summed E-state index contributed by atoms with van der Waals surface area (Å²) in [4.78, 5) is 11.3. The van der Waals surface area contributed by atoms with Crippen LogP contribution in [0.1, 0.15) is 28.9 Å². The van der Waals surface area contributed by atoms with E-state index in [0.29, 0.717) is 11.3 Å². The SMILES string of the molecule is COC(=O)c1ccc(C(C)N)c(OC)c1. The number of hydrogen-bond donors (Lipinski definition) is 1. The van der Waals surface area contributed by atoms with Gasteiger partial charge in [-0.2, -0.15) is 0 Å². The zero-order valence-corrected chi connectivity index (χ0v) is 9.11. The summed E-state index contributed by atoms with van der Waals surface area (Å²) in [7, 11) is 2.89. The highest BCUT2D eigenvalue weighted by Gasteiger charge is 2.12. The van der Waals surface area contributed by atoms with E-state index in [4.69, 9.17) is 10.5 Å². The summed E-state index contributed by atoms with van der Waals surface area (Å²) in [6.07, 6.45) is 0. The average molecular weight is 209 g/mol. The van der Waals surface area contributed by atoms with Crippen molar-refractivity contribution in [1.29, 1.82) is 0 Å². The molecule has 4 nitrogen and oxygen atoms in total. The summed E-state index contributed by atoms with van der Waals surface area (Å²) in [6, 6.07) is 4.94. The molecule has 0 saturated carbocycles. The molecule has 82 valence electrons. The molecule has 0 amide bonds. The Bertz CT molecular complexity index is 361. The van der Waals surface area contributed by atoms with Crippen molar-refractivity contribution in [3.63, 3.8) is 0 Å². The molecule has 0 radical (unpaired) electrons. The van der Waals surface area contributed by atoms with Crippen molar-refractivity contribution >= 4 is 5.97 Å². The molecule has 1 aromatic rings. The number of esters is 1. The number of carbonyl (C=O) groups is 1. The Labute approximate surface area is 89.0 Å². The molecule has 0 aliphatic carbocycles. The van der Waals surface area contributed by atoms with Gasteiger partial charge in [-0.1, -0.05) is 6.07 Å². The molecule has 1 aromatic carbocycles. The van der Waals surface area contributed by atoms with Gasteiger partial charge in [0.2, 0.25) is 0 Å². The topological polar surface area (TPSA) is 61.5 Å². The van der Waals surface area contributed by atoms with E-state index in [-0.39, 0.29) is 12.0 Å². The molecule has 0 bridgehead atoms. The molecule has 1 rings (SSSR count). The van der Waals surface area contributed by atoms with Crippen LogP contribution in [-0.2, 0) is 4.74 Å². The minimum Gasteiger partial charge on any atom is -0.496 e. The van der Waals surface area contributed by atoms with Crippen LogP contribution in [0.3, 0.4) is 0 Å². The van der Waals surface area contributed by atoms with Gasteiger partial charge in [0.05, 0.1) is 19.8 Å². The van der Waals surface area contributed by atoms with Gasteiger partial charge in [0.1, 0.15) is 5.75 Å². The Balaban J connectivity index is 3.13. The van der Waals surface area contributed by atoms with Crippen LogP contribution in [0.15, 0.2) is 18.2 Å². The third-order valence-electron chi connectivity index (χ3n) is 2.15. The lowest BCUT2D eigenvalue weighted by molar-refractivity contribution is 0.0600. The maximum atomic E-state index is 11.3. The highest BCUT2D eigenvalue weighted by atomic mass is 16.5. The standard InChI is InChI=1S/C11H15NO3/c1-7(12)9-5-4-8(11(13)15-3)6-10(9)14-2/h4-7H,12H2,1-3H3. The molecule has 0 fully saturated rings. The van der Waals surface area contributed by atoms with E-state index >= 15 is 0 Å². The molecule has 0 aliphatic heterocycles. The number of hydrogen-bond acceptors (Lipinski definition) is 4. The number of carbonyl (C=O) groups excluding carboxylic acids is 1. The van der Waals surface area contributed by atoms with Gasteiger partial charge in [-0.05, 0) is 19.1 Å². The minimum absolute atomic E-state index is 0.133. The van der Waals surface area contributed by atoms with Crippen molar-refractivity contribution in [2.45, 2.75) is 13.0 Å². The van der Waals surface area contributed by atoms with Crippen LogP contribution >= 0.6 is 0 Å². The van der Waals surface area contributed by atoms with Crippen LogP contribution in [0.2, 0.25) is 0 Å². The molecule has 0 heterocycles. The largest absolute Gasteiger partial charge is 0.496 e. The highest BCUT2D eigenvalue weighted by Crippen LogP contribution is 2.25. The lowest BCUT2D eigenvalue weighted by atomic mass is 10.1. The summed E-state index contributed by atoms with van der Waals surface area (Å²) in [5.41, 5.74) is 7.08. The normalized spacial score (nSPS) is 12.0. The van der Waals surface area contributed by atoms with Crippen molar-refractivity contribution in [3.05, 3.63) is 29.3 Å². The van der Waals surface area contributed by atoms with Crippen molar-refractivity contribution in [1.82, 2.24) is 0 Å². The summed E-state index contributed by atoms with van der Waals surface area (Å²) in [6.45, 7) is 1.86. The van der Waals surface area contributed by atoms with Gasteiger partial charge >= 0.3 is 5.97 Å². The predicted molar refractivity (Wildman–Crippen MR) is 56.9 cm³/mol. The molecule has 0 saturated heterocycles. The van der Waals surface area contributed by atoms with Gasteiger partial charge in [-0.15, -0.1) is 0 Å². The first kappa shape index (κ1) is 11.5. The zero-order valence-electron chi connectivity index (χ0n) is 9.11. The Kier molecular flexibility index (Phi) is 3.68. The zero-order chi connectivity index (χ0) is 11.4. The average Bonchev–Trinajstić information content (AvgIpc) is 2.26. The monoisotopic (exact) mass is 209 g/mol. The first-order valence-electron chi connectivity index (χ1n) is 4.62. The van der Waals surface area contributed by atoms with Gasteiger partial charge in [0.15, 0.2) is 0 Å². The van der Waals surface area contributed by atoms with E-state index < -0.39 is 0 Å². The number of ether oxygens (including phenoxy) is 2. The first-order valence-corrected chi connectivity index (χ1v) is 4.62. The fourth-order valence-electron chi connectivity index (χ4n) is 1.33. The van der Waals surface area contributed by atoms with E-state index in [1.165, 1.54) is 7.11 Å². The van der Waals surface area contributed by atoms with Crippen molar-refractivity contribution in [2.24, 2.45) is 5.73 Å². The van der Waals surface area contributed by atoms with E-state index in [9.17, 15) is 4.79 Å². The van der Waals surface area contributed by atoms with Crippen molar-refractivity contribution < 1.29 is 14.3 Å². The summed E-state index contributed by atoms with van der Waals surface area (Å²) in [5, 5.41) is 0. The quantitative estimate of drug-likeness (QED) is 0.766. The highest BCUT2D eigenvalue weighted by molar-refractivity contribution is 5.89. The lowest BCUT2D eigenvalue weighted by Crippen LogP contribution is -2.09. The Morgan fingerprint density at radius 3 is 2.53 bits per heavy atom. The molecule has 15 heavy (non-hydrogen) atoms. The van der Waals surface area contributed by atoms with E-state index in [2.05, 4.69) is 4.74 Å². The maximum absolute atomic E-state index is 11.3. The van der Waals surface area contributed by atoms with Crippen LogP contribution in [0, 0.1) is 0 Å². The van der Waals surface area contributed by atoms with Gasteiger partial charge in [-0.3, -0.25) is 0 Å². The third kappa shape index (κ3) is 2.47. The van der Waals surface area contributed by atoms with Crippen LogP contribution < -0.4 is 10.5 Å². The van der Waals surface area contributed by atoms with Crippen LogP contribution in [0.5, 0.6) is 5.75 Å². The van der Waals surface area contributed by atoms with E-state index in [1.807, 2.05) is 6.92 Å². The second kappa shape index (κ2) is 4.79. The number of nitrogens with two attached hydrogens (primary N) is 1. The maximum Gasteiger partial charge on any atom is 0.337 e. The third-order valence-corrected chi connectivity index (χ3v) is 2.15. The molecule has 2 N–H and O–H groups in total. The Morgan fingerprint density at radius 1 is 1.40 bits per heavy atom. The number of methoxy groups -OCH3 is 2. The lowest BCUT2D eigenvalue weighted by Gasteiger charge is -2.12. The van der Waals surface area contributed by atoms with Gasteiger partial charge in [0, 0.05) is 11.6 Å². The molecule has 0 aliphatic rings. The molecule has 4 heteroatoms. The van der Waals surface area contributed by atoms with Gasteiger partial charge in [0.25, 0.3) is 0 Å². The van der Waals surface area contributed by atoms with Crippen LogP contribution in [0.25, 0.3) is 0 Å².